The van der Waals surface area contributed by atoms with Gasteiger partial charge in [0.15, 0.2) is 5.75 Å². The van der Waals surface area contributed by atoms with Crippen LogP contribution in [0.5, 0.6) is 5.75 Å². The molecule has 1 aromatic heterocycles. The van der Waals surface area contributed by atoms with Crippen LogP contribution in [-0.2, 0) is 10.8 Å². The predicted molar refractivity (Wildman–Crippen MR) is 81.7 cm³/mol. The first-order valence-electron chi connectivity index (χ1n) is 6.85. The van der Waals surface area contributed by atoms with Gasteiger partial charge in [0.25, 0.3) is 0 Å². The van der Waals surface area contributed by atoms with Gasteiger partial charge in [0.1, 0.15) is 5.52 Å². The van der Waals surface area contributed by atoms with Crippen molar-refractivity contribution < 1.29 is 9.32 Å². The minimum Gasteiger partial charge on any atom is -0.504 e. The van der Waals surface area contributed by atoms with Gasteiger partial charge < -0.3 is 5.11 Å². The molecule has 0 spiro atoms. The normalized spacial score (nSPS) is 18.2. The molecule has 20 heavy (non-hydrogen) atoms. The Morgan fingerprint density at radius 2 is 2.05 bits per heavy atom. The topological polar surface area (TPSA) is 50.2 Å². The zero-order valence-electron chi connectivity index (χ0n) is 11.0. The molecule has 1 N–H and O–H groups in total. The molecule has 1 unspecified atom stereocenters. The maximum atomic E-state index is 12.8. The average molecular weight is 310 g/mol. The number of aromatic nitrogens is 1. The number of phenols is 1. The van der Waals surface area contributed by atoms with Crippen LogP contribution in [-0.4, -0.2) is 19.5 Å². The van der Waals surface area contributed by atoms with Crippen LogP contribution in [0.4, 0.5) is 0 Å². The van der Waals surface area contributed by atoms with Crippen LogP contribution in [0, 0.1) is 0 Å². The minimum absolute atomic E-state index is 0.0355. The van der Waals surface area contributed by atoms with Crippen molar-refractivity contribution >= 4 is 33.3 Å². The van der Waals surface area contributed by atoms with Gasteiger partial charge >= 0.3 is 0 Å². The Hall–Kier alpha value is -1.13. The van der Waals surface area contributed by atoms with E-state index in [0.717, 1.165) is 31.1 Å². The van der Waals surface area contributed by atoms with Crippen molar-refractivity contribution in [3.8, 4) is 5.75 Å². The first kappa shape index (κ1) is 13.8. The number of fused-ring (bicyclic) bond motifs is 1. The quantitative estimate of drug-likeness (QED) is 0.911. The summed E-state index contributed by atoms with van der Waals surface area (Å²) in [4.78, 5) is 4.86. The molecule has 106 valence electrons. The summed E-state index contributed by atoms with van der Waals surface area (Å²) in [5, 5.41) is 11.1. The van der Waals surface area contributed by atoms with Crippen molar-refractivity contribution in [2.24, 2.45) is 0 Å². The number of halogens is 1. The highest BCUT2D eigenvalue weighted by Gasteiger charge is 2.24. The van der Waals surface area contributed by atoms with Gasteiger partial charge in [-0.1, -0.05) is 30.9 Å². The molecule has 0 saturated heterocycles. The molecule has 1 saturated carbocycles. The summed E-state index contributed by atoms with van der Waals surface area (Å²) >= 11 is 6.05. The van der Waals surface area contributed by atoms with Crippen LogP contribution in [0.25, 0.3) is 10.9 Å². The van der Waals surface area contributed by atoms with E-state index in [4.69, 9.17) is 11.6 Å². The third-order valence-corrected chi connectivity index (χ3v) is 5.99. The number of nitrogens with zero attached hydrogens (tertiary/aromatic N) is 1. The van der Waals surface area contributed by atoms with Crippen LogP contribution in [0.1, 0.15) is 32.1 Å². The molecule has 5 heteroatoms. The molecular formula is C15H16ClNO2S. The molecule has 0 bridgehead atoms. The Kier molecular flexibility index (Phi) is 3.94. The lowest BCUT2D eigenvalue weighted by atomic mass is 10.0. The smallest absolute Gasteiger partial charge is 0.160 e. The SMILES string of the molecule is O=S(c1cc(Cl)c(O)c2ncccc12)C1CCCCC1. The Labute approximate surface area is 125 Å². The van der Waals surface area contributed by atoms with Crippen molar-refractivity contribution in [1.82, 2.24) is 4.98 Å². The first-order valence-corrected chi connectivity index (χ1v) is 8.44. The molecule has 1 aliphatic rings. The van der Waals surface area contributed by atoms with Crippen molar-refractivity contribution in [3.05, 3.63) is 29.4 Å². The van der Waals surface area contributed by atoms with E-state index in [9.17, 15) is 9.32 Å². The zero-order valence-corrected chi connectivity index (χ0v) is 12.6. The molecular weight excluding hydrogens is 294 g/mol. The maximum absolute atomic E-state index is 12.8. The van der Waals surface area contributed by atoms with Crippen LogP contribution in [0.2, 0.25) is 5.02 Å². The highest BCUT2D eigenvalue weighted by molar-refractivity contribution is 7.86. The van der Waals surface area contributed by atoms with Gasteiger partial charge in [-0.2, -0.15) is 0 Å². The molecule has 1 heterocycles. The summed E-state index contributed by atoms with van der Waals surface area (Å²) in [5.74, 6) is -0.0355. The second-order valence-corrected chi connectivity index (χ2v) is 7.27. The Bertz CT molecular complexity index is 668. The summed E-state index contributed by atoms with van der Waals surface area (Å²) in [6.07, 6.45) is 7.09. The molecule has 0 amide bonds. The van der Waals surface area contributed by atoms with Crippen LogP contribution in [0.15, 0.2) is 29.3 Å². The second-order valence-electron chi connectivity index (χ2n) is 5.16. The van der Waals surface area contributed by atoms with E-state index in [0.29, 0.717) is 10.4 Å². The monoisotopic (exact) mass is 309 g/mol. The van der Waals surface area contributed by atoms with E-state index in [2.05, 4.69) is 4.98 Å². The summed E-state index contributed by atoms with van der Waals surface area (Å²) in [6, 6.07) is 5.26. The van der Waals surface area contributed by atoms with E-state index in [1.807, 2.05) is 6.07 Å². The molecule has 3 rings (SSSR count). The van der Waals surface area contributed by atoms with E-state index in [-0.39, 0.29) is 16.0 Å². The van der Waals surface area contributed by atoms with Gasteiger partial charge in [-0.25, -0.2) is 0 Å². The molecule has 3 nitrogen and oxygen atoms in total. The van der Waals surface area contributed by atoms with Crippen LogP contribution < -0.4 is 0 Å². The van der Waals surface area contributed by atoms with E-state index in [1.165, 1.54) is 6.42 Å². The van der Waals surface area contributed by atoms with Gasteiger partial charge in [-0.05, 0) is 31.0 Å². The van der Waals surface area contributed by atoms with Crippen molar-refractivity contribution in [3.63, 3.8) is 0 Å². The molecule has 1 fully saturated rings. The van der Waals surface area contributed by atoms with Gasteiger partial charge in [-0.15, -0.1) is 0 Å². The number of hydrogen-bond donors (Lipinski definition) is 1. The molecule has 1 aliphatic carbocycles. The number of aromatic hydroxyl groups is 1. The first-order chi connectivity index (χ1) is 9.68. The van der Waals surface area contributed by atoms with Crippen molar-refractivity contribution in [2.45, 2.75) is 42.2 Å². The second kappa shape index (κ2) is 5.70. The predicted octanol–water partition coefficient (Wildman–Crippen LogP) is 4.03. The standard InChI is InChI=1S/C15H16ClNO2S/c16-12-9-13(20(19)10-5-2-1-3-6-10)11-7-4-8-17-14(11)15(12)18/h4,7-10,18H,1-3,5-6H2. The third-order valence-electron chi connectivity index (χ3n) is 3.85. The van der Waals surface area contributed by atoms with Crippen molar-refractivity contribution in [1.29, 1.82) is 0 Å². The third kappa shape index (κ3) is 2.42. The average Bonchev–Trinajstić information content (AvgIpc) is 2.51. The van der Waals surface area contributed by atoms with Crippen LogP contribution in [0.3, 0.4) is 0 Å². The van der Waals surface area contributed by atoms with Crippen LogP contribution >= 0.6 is 11.6 Å². The van der Waals surface area contributed by atoms with E-state index < -0.39 is 10.8 Å². The number of benzene rings is 1. The Balaban J connectivity index is 2.11. The number of pyridine rings is 1. The van der Waals surface area contributed by atoms with Gasteiger partial charge in [0.2, 0.25) is 0 Å². The van der Waals surface area contributed by atoms with Gasteiger partial charge in [0, 0.05) is 16.8 Å². The lowest BCUT2D eigenvalue weighted by Gasteiger charge is -2.21. The van der Waals surface area contributed by atoms with Gasteiger partial charge in [-0.3, -0.25) is 9.19 Å². The maximum Gasteiger partial charge on any atom is 0.160 e. The molecule has 1 atom stereocenters. The zero-order chi connectivity index (χ0) is 14.1. The van der Waals surface area contributed by atoms with E-state index >= 15 is 0 Å². The molecule has 2 aromatic rings. The minimum atomic E-state index is -1.10. The summed E-state index contributed by atoms with van der Waals surface area (Å²) in [7, 11) is -1.10. The number of rotatable bonds is 2. The fraction of sp³-hybridized carbons (Fsp3) is 0.400. The fourth-order valence-electron chi connectivity index (χ4n) is 2.79. The Morgan fingerprint density at radius 1 is 1.30 bits per heavy atom. The lowest BCUT2D eigenvalue weighted by Crippen LogP contribution is -2.19. The summed E-state index contributed by atoms with van der Waals surface area (Å²) in [6.45, 7) is 0. The lowest BCUT2D eigenvalue weighted by molar-refractivity contribution is 0.480. The highest BCUT2D eigenvalue weighted by Crippen LogP contribution is 2.37. The summed E-state index contributed by atoms with van der Waals surface area (Å²) in [5.41, 5.74) is 0.430. The number of hydrogen-bond acceptors (Lipinski definition) is 3. The molecule has 0 radical (unpaired) electrons. The summed E-state index contributed by atoms with van der Waals surface area (Å²) < 4.78 is 12.8. The van der Waals surface area contributed by atoms with E-state index in [1.54, 1.807) is 18.3 Å². The van der Waals surface area contributed by atoms with Crippen molar-refractivity contribution in [2.75, 3.05) is 0 Å². The van der Waals surface area contributed by atoms with Gasteiger partial charge in [0.05, 0.1) is 20.7 Å². The highest BCUT2D eigenvalue weighted by atomic mass is 35.5. The fourth-order valence-corrected chi connectivity index (χ4v) is 4.79. The Morgan fingerprint density at radius 3 is 2.80 bits per heavy atom. The largest absolute Gasteiger partial charge is 0.504 e. The molecule has 1 aromatic carbocycles. The molecule has 0 aliphatic heterocycles. The number of phenolic OH excluding ortho intramolecular Hbond substituents is 1.